The molecule has 1 aliphatic heterocycles. The molecule has 10 nitrogen and oxygen atoms in total. The van der Waals surface area contributed by atoms with Gasteiger partial charge in [0.05, 0.1) is 13.7 Å². The number of nitrogens with zero attached hydrogens (tertiary/aromatic N) is 6. The molecule has 2 aromatic rings. The Kier molecular flexibility index (Phi) is 4.87. The monoisotopic (exact) mass is 345 g/mol. The fraction of sp³-hybridized carbons (Fsp3) is 0.467. The SMILES string of the molecule is COc1nc(CNC(=O)c2ccc(=O)n(C)n2)nc(N2CCCC2)n1. The van der Waals surface area contributed by atoms with E-state index in [1.807, 2.05) is 0 Å². The van der Waals surface area contributed by atoms with Crippen LogP contribution in [0.4, 0.5) is 5.95 Å². The Morgan fingerprint density at radius 3 is 2.68 bits per heavy atom. The topological polar surface area (TPSA) is 115 Å². The van der Waals surface area contributed by atoms with Gasteiger partial charge in [-0.15, -0.1) is 0 Å². The Morgan fingerprint density at radius 1 is 1.24 bits per heavy atom. The van der Waals surface area contributed by atoms with Crippen LogP contribution in [0.25, 0.3) is 0 Å². The van der Waals surface area contributed by atoms with Crippen LogP contribution < -0.4 is 20.5 Å². The number of aromatic nitrogens is 5. The van der Waals surface area contributed by atoms with Gasteiger partial charge in [-0.05, 0) is 18.9 Å². The first-order chi connectivity index (χ1) is 12.1. The fourth-order valence-corrected chi connectivity index (χ4v) is 2.49. The van der Waals surface area contributed by atoms with E-state index in [-0.39, 0.29) is 23.8 Å². The van der Waals surface area contributed by atoms with Crippen molar-refractivity contribution in [1.29, 1.82) is 0 Å². The maximum absolute atomic E-state index is 12.2. The molecule has 0 radical (unpaired) electrons. The Balaban J connectivity index is 1.73. The molecule has 0 bridgehead atoms. The standard InChI is InChI=1S/C15H19N7O3/c1-21-12(23)6-5-10(20-21)13(24)16-9-11-17-14(19-15(18-11)25-2)22-7-3-4-8-22/h5-6H,3-4,7-9H2,1-2H3,(H,16,24). The summed E-state index contributed by atoms with van der Waals surface area (Å²) in [6.07, 6.45) is 2.19. The van der Waals surface area contributed by atoms with Crippen LogP contribution in [0.15, 0.2) is 16.9 Å². The number of anilines is 1. The molecule has 3 heterocycles. The van der Waals surface area contributed by atoms with Crippen LogP contribution >= 0.6 is 0 Å². The van der Waals surface area contributed by atoms with Gasteiger partial charge in [0.25, 0.3) is 11.5 Å². The normalized spacial score (nSPS) is 13.8. The molecule has 3 rings (SSSR count). The van der Waals surface area contributed by atoms with Crippen LogP contribution in [0, 0.1) is 0 Å². The first-order valence-electron chi connectivity index (χ1n) is 7.93. The molecule has 1 fully saturated rings. The van der Waals surface area contributed by atoms with Gasteiger partial charge in [-0.3, -0.25) is 9.59 Å². The van der Waals surface area contributed by atoms with E-state index in [4.69, 9.17) is 4.74 Å². The minimum atomic E-state index is -0.419. The zero-order chi connectivity index (χ0) is 17.8. The van der Waals surface area contributed by atoms with Crippen molar-refractivity contribution in [3.8, 4) is 6.01 Å². The lowest BCUT2D eigenvalue weighted by Crippen LogP contribution is -2.29. The largest absolute Gasteiger partial charge is 0.467 e. The molecule has 2 aromatic heterocycles. The number of methoxy groups -OCH3 is 1. The number of hydrogen-bond donors (Lipinski definition) is 1. The van der Waals surface area contributed by atoms with Crippen molar-refractivity contribution in [1.82, 2.24) is 30.0 Å². The highest BCUT2D eigenvalue weighted by Crippen LogP contribution is 2.17. The molecule has 1 aliphatic rings. The maximum Gasteiger partial charge on any atom is 0.321 e. The van der Waals surface area contributed by atoms with Crippen LogP contribution in [-0.2, 0) is 13.6 Å². The predicted octanol–water partition coefficient (Wildman–Crippen LogP) is -0.496. The van der Waals surface area contributed by atoms with E-state index in [2.05, 4.69) is 30.3 Å². The summed E-state index contributed by atoms with van der Waals surface area (Å²) in [6, 6.07) is 2.88. The summed E-state index contributed by atoms with van der Waals surface area (Å²) in [4.78, 5) is 38.4. The number of rotatable bonds is 5. The number of ether oxygens (including phenoxy) is 1. The summed E-state index contributed by atoms with van der Waals surface area (Å²) >= 11 is 0. The summed E-state index contributed by atoms with van der Waals surface area (Å²) < 4.78 is 6.23. The average Bonchev–Trinajstić information content (AvgIpc) is 3.16. The molecule has 0 aliphatic carbocycles. The maximum atomic E-state index is 12.2. The molecular formula is C15H19N7O3. The highest BCUT2D eigenvalue weighted by molar-refractivity contribution is 5.91. The minimum absolute atomic E-state index is 0.100. The Bertz CT molecular complexity index is 830. The zero-order valence-electron chi connectivity index (χ0n) is 14.1. The summed E-state index contributed by atoms with van der Waals surface area (Å²) in [5.41, 5.74) is -0.142. The minimum Gasteiger partial charge on any atom is -0.467 e. The molecule has 0 atom stereocenters. The van der Waals surface area contributed by atoms with Crippen LogP contribution in [0.5, 0.6) is 6.01 Å². The van der Waals surface area contributed by atoms with Gasteiger partial charge in [-0.25, -0.2) is 4.68 Å². The van der Waals surface area contributed by atoms with Gasteiger partial charge in [0, 0.05) is 26.2 Å². The lowest BCUT2D eigenvalue weighted by Gasteiger charge is -2.16. The second-order valence-corrected chi connectivity index (χ2v) is 5.60. The van der Waals surface area contributed by atoms with Gasteiger partial charge in [-0.1, -0.05) is 0 Å². The first kappa shape index (κ1) is 16.8. The number of amides is 1. The van der Waals surface area contributed by atoms with E-state index < -0.39 is 5.91 Å². The van der Waals surface area contributed by atoms with Crippen LogP contribution in [0.1, 0.15) is 29.2 Å². The van der Waals surface area contributed by atoms with Crippen LogP contribution in [0.2, 0.25) is 0 Å². The second kappa shape index (κ2) is 7.24. The van der Waals surface area contributed by atoms with Gasteiger partial charge in [0.1, 0.15) is 5.69 Å². The summed E-state index contributed by atoms with van der Waals surface area (Å²) in [5.74, 6) is 0.526. The molecule has 25 heavy (non-hydrogen) atoms. The molecule has 132 valence electrons. The van der Waals surface area contributed by atoms with E-state index in [1.54, 1.807) is 0 Å². The molecule has 0 unspecified atom stereocenters. The smallest absolute Gasteiger partial charge is 0.321 e. The summed E-state index contributed by atoms with van der Waals surface area (Å²) in [7, 11) is 2.97. The third-order valence-corrected chi connectivity index (χ3v) is 3.82. The Morgan fingerprint density at radius 2 is 2.00 bits per heavy atom. The van der Waals surface area contributed by atoms with Crippen molar-refractivity contribution in [3.63, 3.8) is 0 Å². The molecule has 1 amide bonds. The second-order valence-electron chi connectivity index (χ2n) is 5.60. The van der Waals surface area contributed by atoms with E-state index in [0.29, 0.717) is 11.8 Å². The van der Waals surface area contributed by atoms with E-state index in [9.17, 15) is 9.59 Å². The number of nitrogens with one attached hydrogen (secondary N) is 1. The highest BCUT2D eigenvalue weighted by atomic mass is 16.5. The lowest BCUT2D eigenvalue weighted by molar-refractivity contribution is 0.0942. The Labute approximate surface area is 143 Å². The van der Waals surface area contributed by atoms with Crippen molar-refractivity contribution >= 4 is 11.9 Å². The Hall–Kier alpha value is -3.04. The van der Waals surface area contributed by atoms with Gasteiger partial charge in [0.2, 0.25) is 5.95 Å². The molecular weight excluding hydrogens is 326 g/mol. The molecule has 0 spiro atoms. The zero-order valence-corrected chi connectivity index (χ0v) is 14.1. The molecule has 1 N–H and O–H groups in total. The van der Waals surface area contributed by atoms with Crippen molar-refractivity contribution < 1.29 is 9.53 Å². The number of carbonyl (C=O) groups excluding carboxylic acids is 1. The summed E-state index contributed by atoms with van der Waals surface area (Å²) in [6.45, 7) is 1.88. The van der Waals surface area contributed by atoms with Gasteiger partial charge < -0.3 is 15.0 Å². The molecule has 1 saturated heterocycles. The first-order valence-corrected chi connectivity index (χ1v) is 7.93. The van der Waals surface area contributed by atoms with E-state index in [0.717, 1.165) is 30.6 Å². The predicted molar refractivity (Wildman–Crippen MR) is 88.5 cm³/mol. The fourth-order valence-electron chi connectivity index (χ4n) is 2.49. The van der Waals surface area contributed by atoms with Crippen molar-refractivity contribution in [2.75, 3.05) is 25.1 Å². The number of carbonyl (C=O) groups is 1. The third kappa shape index (κ3) is 3.90. The van der Waals surface area contributed by atoms with E-state index in [1.165, 1.54) is 26.3 Å². The quantitative estimate of drug-likeness (QED) is 0.771. The van der Waals surface area contributed by atoms with Crippen molar-refractivity contribution in [2.24, 2.45) is 7.05 Å². The highest BCUT2D eigenvalue weighted by Gasteiger charge is 2.18. The average molecular weight is 345 g/mol. The third-order valence-electron chi connectivity index (χ3n) is 3.82. The van der Waals surface area contributed by atoms with Crippen LogP contribution in [-0.4, -0.2) is 50.8 Å². The van der Waals surface area contributed by atoms with E-state index >= 15 is 0 Å². The lowest BCUT2D eigenvalue weighted by atomic mass is 10.3. The molecule has 0 aromatic carbocycles. The number of aryl methyl sites for hydroxylation is 1. The molecule has 10 heteroatoms. The number of hydrogen-bond acceptors (Lipinski definition) is 8. The van der Waals surface area contributed by atoms with Gasteiger partial charge in [-0.2, -0.15) is 20.1 Å². The van der Waals surface area contributed by atoms with Gasteiger partial charge >= 0.3 is 6.01 Å². The van der Waals surface area contributed by atoms with Gasteiger partial charge in [0.15, 0.2) is 5.82 Å². The summed E-state index contributed by atoms with van der Waals surface area (Å²) in [5, 5.41) is 6.59. The van der Waals surface area contributed by atoms with Crippen molar-refractivity contribution in [3.05, 3.63) is 34.0 Å². The van der Waals surface area contributed by atoms with Crippen molar-refractivity contribution in [2.45, 2.75) is 19.4 Å². The molecule has 0 saturated carbocycles. The van der Waals surface area contributed by atoms with Crippen LogP contribution in [0.3, 0.4) is 0 Å².